The summed E-state index contributed by atoms with van der Waals surface area (Å²) in [4.78, 5) is 75.8. The highest BCUT2D eigenvalue weighted by Crippen LogP contribution is 2.48. The highest BCUT2D eigenvalue weighted by molar-refractivity contribution is 6.35. The van der Waals surface area contributed by atoms with Crippen molar-refractivity contribution < 1.29 is 51.7 Å². The summed E-state index contributed by atoms with van der Waals surface area (Å²) in [6.07, 6.45) is -2.69. The Labute approximate surface area is 342 Å². The number of carboxylic acid groups (broad SMARTS) is 1. The van der Waals surface area contributed by atoms with Gasteiger partial charge in [-0.2, -0.15) is 28.1 Å². The van der Waals surface area contributed by atoms with Crippen molar-refractivity contribution in [3.8, 4) is 6.01 Å². The largest absolute Gasteiger partial charge is 0.480 e. The maximum Gasteiger partial charge on any atom is 0.422 e. The van der Waals surface area contributed by atoms with Crippen molar-refractivity contribution >= 4 is 59.0 Å². The van der Waals surface area contributed by atoms with Gasteiger partial charge in [-0.3, -0.25) is 14.4 Å². The number of hydrogen-bond donors (Lipinski definition) is 6. The van der Waals surface area contributed by atoms with Crippen molar-refractivity contribution in [1.29, 1.82) is 0 Å². The molecule has 59 heavy (non-hydrogen) atoms. The Bertz CT molecular complexity index is 1990. The topological polar surface area (TPSA) is 226 Å². The van der Waals surface area contributed by atoms with Gasteiger partial charge in [-0.1, -0.05) is 23.7 Å². The van der Waals surface area contributed by atoms with E-state index in [2.05, 4.69) is 41.5 Å². The minimum absolute atomic E-state index is 0.0429. The molecule has 6 N–H and O–H groups in total. The first-order valence-corrected chi connectivity index (χ1v) is 19.1. The number of anilines is 3. The summed E-state index contributed by atoms with van der Waals surface area (Å²) in [7, 11) is 0. The van der Waals surface area contributed by atoms with Crippen LogP contribution in [0.5, 0.6) is 6.01 Å². The number of carboxylic acids is 1. The highest BCUT2D eigenvalue weighted by Gasteiger charge is 2.45. The molecule has 0 spiro atoms. The summed E-state index contributed by atoms with van der Waals surface area (Å²) in [5, 5.41) is 23.6. The van der Waals surface area contributed by atoms with E-state index in [-0.39, 0.29) is 42.9 Å². The number of piperidine rings is 1. The van der Waals surface area contributed by atoms with Crippen LogP contribution in [0.15, 0.2) is 48.5 Å². The highest BCUT2D eigenvalue weighted by atomic mass is 35.5. The van der Waals surface area contributed by atoms with Gasteiger partial charge in [-0.05, 0) is 101 Å². The van der Waals surface area contributed by atoms with E-state index in [4.69, 9.17) is 21.1 Å². The molecule has 17 nitrogen and oxygen atoms in total. The first-order valence-electron chi connectivity index (χ1n) is 18.7. The molecule has 1 aromatic heterocycles. The van der Waals surface area contributed by atoms with Crippen molar-refractivity contribution in [1.82, 2.24) is 35.8 Å². The Hall–Kier alpha value is -5.92. The number of benzene rings is 2. The van der Waals surface area contributed by atoms with E-state index in [0.717, 1.165) is 5.56 Å². The molecule has 2 fully saturated rings. The van der Waals surface area contributed by atoms with E-state index in [9.17, 15) is 42.3 Å². The van der Waals surface area contributed by atoms with Gasteiger partial charge in [0.15, 0.2) is 6.61 Å². The Kier molecular flexibility index (Phi) is 14.1. The van der Waals surface area contributed by atoms with Crippen LogP contribution >= 0.6 is 11.6 Å². The lowest BCUT2D eigenvalue weighted by Gasteiger charge is -2.33. The molecule has 3 aromatic rings. The van der Waals surface area contributed by atoms with E-state index < -0.39 is 65.8 Å². The van der Waals surface area contributed by atoms with Crippen LogP contribution in [0.2, 0.25) is 5.02 Å². The third-order valence-electron chi connectivity index (χ3n) is 9.23. The molecular formula is C38H45ClF3N9O8. The minimum Gasteiger partial charge on any atom is -0.480 e. The Morgan fingerprint density at radius 3 is 2.14 bits per heavy atom. The zero-order valence-electron chi connectivity index (χ0n) is 32.5. The van der Waals surface area contributed by atoms with E-state index in [0.29, 0.717) is 49.5 Å². The maximum absolute atomic E-state index is 13.0. The minimum atomic E-state index is -4.65. The number of carbonyl (C=O) groups is 5. The van der Waals surface area contributed by atoms with Gasteiger partial charge in [-0.15, -0.1) is 0 Å². The second kappa shape index (κ2) is 18.8. The van der Waals surface area contributed by atoms with Gasteiger partial charge in [0.1, 0.15) is 11.6 Å². The van der Waals surface area contributed by atoms with Crippen LogP contribution < -0.4 is 31.3 Å². The lowest BCUT2D eigenvalue weighted by molar-refractivity contribution is -0.154. The molecule has 1 atom stereocenters. The number of alkyl halides is 3. The monoisotopic (exact) mass is 847 g/mol. The fourth-order valence-corrected chi connectivity index (χ4v) is 6.11. The first kappa shape index (κ1) is 44.2. The van der Waals surface area contributed by atoms with Gasteiger partial charge in [-0.25, -0.2) is 9.59 Å². The quantitative estimate of drug-likeness (QED) is 0.114. The first-order chi connectivity index (χ1) is 27.8. The maximum atomic E-state index is 13.0. The molecule has 5 rings (SSSR count). The van der Waals surface area contributed by atoms with Crippen LogP contribution in [0.4, 0.5) is 35.5 Å². The molecule has 0 unspecified atom stereocenters. The number of aromatic nitrogens is 3. The van der Waals surface area contributed by atoms with Gasteiger partial charge in [0, 0.05) is 42.5 Å². The number of amides is 4. The Balaban J connectivity index is 1.10. The number of carbonyl (C=O) groups excluding carboxylic acids is 4. The molecule has 21 heteroatoms. The molecule has 318 valence electrons. The number of nitrogens with one attached hydrogen (secondary N) is 5. The van der Waals surface area contributed by atoms with Crippen molar-refractivity contribution in [2.75, 3.05) is 43.4 Å². The fourth-order valence-electron chi connectivity index (χ4n) is 5.98. The fraction of sp³-hybridized carbons (Fsp3) is 0.474. The van der Waals surface area contributed by atoms with Crippen molar-refractivity contribution in [2.24, 2.45) is 5.92 Å². The molecule has 1 aliphatic heterocycles. The van der Waals surface area contributed by atoms with Crippen molar-refractivity contribution in [3.05, 3.63) is 64.7 Å². The normalized spacial score (nSPS) is 15.6. The molecule has 1 saturated carbocycles. The lowest BCUT2D eigenvalue weighted by Crippen LogP contribution is -2.47. The molecule has 2 heterocycles. The van der Waals surface area contributed by atoms with Crippen LogP contribution in [0.3, 0.4) is 0 Å². The molecule has 2 aliphatic rings. The van der Waals surface area contributed by atoms with E-state index >= 15 is 0 Å². The summed E-state index contributed by atoms with van der Waals surface area (Å²) in [6, 6.07) is 10.7. The summed E-state index contributed by atoms with van der Waals surface area (Å²) in [5.41, 5.74) is 0.0795. The summed E-state index contributed by atoms with van der Waals surface area (Å²) in [6.45, 7) is 4.59. The molecular weight excluding hydrogens is 803 g/mol. The molecule has 4 amide bonds. The number of ether oxygens (including phenoxy) is 2. The predicted octanol–water partition coefficient (Wildman–Crippen LogP) is 4.76. The van der Waals surface area contributed by atoms with Gasteiger partial charge >= 0.3 is 36.1 Å². The zero-order valence-corrected chi connectivity index (χ0v) is 33.2. The predicted molar refractivity (Wildman–Crippen MR) is 207 cm³/mol. The van der Waals surface area contributed by atoms with Crippen LogP contribution in [0, 0.1) is 5.92 Å². The average molecular weight is 848 g/mol. The standard InChI is InChI=1S/C38H45ClF3N9O8/c1-36(2,3)59-35(57)51-18-13-22(14-19-51)20-44-30(54)29(53)43-17-12-27(31(55)56)46-28(52)23-4-10-26(11-5-23)45-32-47-33(49-34(48-32)58-21-38(40,41)42)50-37(15-16-37)24-6-8-25(39)9-7-24/h4-11,22,27H,12-21H2,1-3H3,(H,43,53)(H,44,54)(H,46,52)(H,55,56)(H2,45,47,48,49,50)/t27-/m0/s1. The van der Waals surface area contributed by atoms with Gasteiger partial charge in [0.25, 0.3) is 5.91 Å². The van der Waals surface area contributed by atoms with Crippen LogP contribution in [0.1, 0.15) is 68.8 Å². The summed E-state index contributed by atoms with van der Waals surface area (Å²) in [5.74, 6) is -4.16. The Morgan fingerprint density at radius 2 is 1.54 bits per heavy atom. The second-order valence-electron chi connectivity index (χ2n) is 15.1. The number of rotatable bonds is 15. The number of aliphatic carboxylic acids is 1. The number of nitrogens with zero attached hydrogens (tertiary/aromatic N) is 4. The zero-order chi connectivity index (χ0) is 43.0. The van der Waals surface area contributed by atoms with Gasteiger partial charge in [0.2, 0.25) is 11.9 Å². The number of halogens is 4. The third kappa shape index (κ3) is 13.6. The van der Waals surface area contributed by atoms with Gasteiger partial charge < -0.3 is 46.1 Å². The smallest absolute Gasteiger partial charge is 0.422 e. The third-order valence-corrected chi connectivity index (χ3v) is 9.48. The van der Waals surface area contributed by atoms with Crippen LogP contribution in [-0.4, -0.2) is 105 Å². The molecule has 2 aromatic carbocycles. The lowest BCUT2D eigenvalue weighted by atomic mass is 9.97. The Morgan fingerprint density at radius 1 is 0.915 bits per heavy atom. The van der Waals surface area contributed by atoms with Crippen molar-refractivity contribution in [2.45, 2.75) is 76.2 Å². The number of likely N-dealkylation sites (tertiary alicyclic amines) is 1. The molecule has 1 saturated heterocycles. The van der Waals surface area contributed by atoms with Crippen molar-refractivity contribution in [3.63, 3.8) is 0 Å². The SMILES string of the molecule is CC(C)(C)OC(=O)N1CCC(CNC(=O)C(=O)NCC[C@H](NC(=O)c2ccc(Nc3nc(NC4(c5ccc(Cl)cc5)CC4)nc(OCC(F)(F)F)n3)cc2)C(=O)O)CC1. The van der Waals surface area contributed by atoms with E-state index in [1.54, 1.807) is 37.8 Å². The van der Waals surface area contributed by atoms with E-state index in [1.165, 1.54) is 24.3 Å². The molecule has 0 radical (unpaired) electrons. The molecule has 0 bridgehead atoms. The molecule has 1 aliphatic carbocycles. The number of hydrogen-bond acceptors (Lipinski definition) is 12. The van der Waals surface area contributed by atoms with Crippen LogP contribution in [0.25, 0.3) is 0 Å². The second-order valence-corrected chi connectivity index (χ2v) is 15.6. The average Bonchev–Trinajstić information content (AvgIpc) is 3.95. The summed E-state index contributed by atoms with van der Waals surface area (Å²) < 4.78 is 49.1. The van der Waals surface area contributed by atoms with Crippen LogP contribution in [-0.2, 0) is 24.7 Å². The van der Waals surface area contributed by atoms with E-state index in [1.807, 2.05) is 12.1 Å². The summed E-state index contributed by atoms with van der Waals surface area (Å²) >= 11 is 6.03. The van der Waals surface area contributed by atoms with Gasteiger partial charge in [0.05, 0.1) is 5.54 Å².